The van der Waals surface area contributed by atoms with E-state index in [-0.39, 0.29) is 0 Å². The second-order valence-corrected chi connectivity index (χ2v) is 4.48. The molecule has 1 heterocycles. The van der Waals surface area contributed by atoms with Crippen molar-refractivity contribution in [3.63, 3.8) is 0 Å². The van der Waals surface area contributed by atoms with Crippen molar-refractivity contribution in [2.24, 2.45) is 0 Å². The molecule has 0 saturated heterocycles. The first kappa shape index (κ1) is 11.6. The first-order valence-corrected chi connectivity index (χ1v) is 6.34. The predicted molar refractivity (Wildman–Crippen MR) is 73.2 cm³/mol. The summed E-state index contributed by atoms with van der Waals surface area (Å²) in [5.41, 5.74) is 3.88. The fourth-order valence-electron chi connectivity index (χ4n) is 1.98. The van der Waals surface area contributed by atoms with Gasteiger partial charge < -0.3 is 10.3 Å². The van der Waals surface area contributed by atoms with Gasteiger partial charge in [0, 0.05) is 23.1 Å². The van der Waals surface area contributed by atoms with Crippen LogP contribution in [0.1, 0.15) is 17.7 Å². The Morgan fingerprint density at radius 2 is 2.12 bits per heavy atom. The molecule has 1 aromatic heterocycles. The van der Waals surface area contributed by atoms with Gasteiger partial charge in [0.25, 0.3) is 0 Å². The van der Waals surface area contributed by atoms with E-state index < -0.39 is 0 Å². The molecule has 3 heteroatoms. The van der Waals surface area contributed by atoms with Gasteiger partial charge in [-0.05, 0) is 37.3 Å². The number of para-hydroxylation sites is 1. The van der Waals surface area contributed by atoms with Crippen molar-refractivity contribution < 1.29 is 0 Å². The van der Waals surface area contributed by atoms with Crippen molar-refractivity contribution in [1.29, 1.82) is 0 Å². The smallest absolute Gasteiger partial charge is 0.0459 e. The molecule has 2 rings (SSSR count). The zero-order valence-corrected chi connectivity index (χ0v) is 10.5. The summed E-state index contributed by atoms with van der Waals surface area (Å²) in [6.45, 7) is 4.10. The fourth-order valence-corrected chi connectivity index (χ4v) is 2.14. The van der Waals surface area contributed by atoms with Crippen LogP contribution in [0.4, 0.5) is 0 Å². The van der Waals surface area contributed by atoms with Crippen molar-refractivity contribution in [2.75, 3.05) is 12.3 Å². The number of nitrogens with one attached hydrogen (secondary N) is 2. The van der Waals surface area contributed by atoms with E-state index in [4.69, 9.17) is 0 Å². The molecule has 2 N–H and O–H groups in total. The van der Waals surface area contributed by atoms with Crippen LogP contribution < -0.4 is 5.32 Å². The van der Waals surface area contributed by atoms with Crippen LogP contribution in [0.5, 0.6) is 0 Å². The predicted octanol–water partition coefficient (Wildman–Crippen LogP) is 2.89. The molecular weight excluding hydrogens is 216 g/mol. The molecule has 0 bridgehead atoms. The summed E-state index contributed by atoms with van der Waals surface area (Å²) in [5, 5.41) is 4.78. The van der Waals surface area contributed by atoms with E-state index in [0.717, 1.165) is 25.3 Å². The lowest BCUT2D eigenvalue weighted by Gasteiger charge is -2.03. The van der Waals surface area contributed by atoms with Gasteiger partial charge in [-0.25, -0.2) is 0 Å². The Morgan fingerprint density at radius 1 is 1.31 bits per heavy atom. The topological polar surface area (TPSA) is 27.8 Å². The third-order valence-electron chi connectivity index (χ3n) is 2.84. The van der Waals surface area contributed by atoms with E-state index >= 15 is 0 Å². The summed E-state index contributed by atoms with van der Waals surface area (Å²) in [4.78, 5) is 3.41. The Labute approximate surface area is 102 Å². The summed E-state index contributed by atoms with van der Waals surface area (Å²) < 4.78 is 0. The maximum Gasteiger partial charge on any atom is 0.0459 e. The maximum atomic E-state index is 4.20. The highest BCUT2D eigenvalue weighted by molar-refractivity contribution is 7.80. The number of fused-ring (bicyclic) bond motifs is 1. The van der Waals surface area contributed by atoms with Crippen LogP contribution in [0, 0.1) is 6.92 Å². The van der Waals surface area contributed by atoms with Crippen LogP contribution in [0.3, 0.4) is 0 Å². The number of rotatable bonds is 5. The molecular formula is C13H18N2S. The minimum Gasteiger partial charge on any atom is -0.358 e. The quantitative estimate of drug-likeness (QED) is 0.538. The van der Waals surface area contributed by atoms with Gasteiger partial charge in [0.15, 0.2) is 0 Å². The molecule has 0 radical (unpaired) electrons. The van der Waals surface area contributed by atoms with E-state index in [1.165, 1.54) is 22.2 Å². The maximum absolute atomic E-state index is 4.20. The molecule has 2 aromatic rings. The zero-order chi connectivity index (χ0) is 11.4. The molecule has 0 unspecified atom stereocenters. The lowest BCUT2D eigenvalue weighted by Crippen LogP contribution is -2.15. The molecule has 0 aliphatic carbocycles. The van der Waals surface area contributed by atoms with Crippen LogP contribution in [0.2, 0.25) is 0 Å². The largest absolute Gasteiger partial charge is 0.358 e. The molecule has 86 valence electrons. The van der Waals surface area contributed by atoms with Crippen LogP contribution in [0.15, 0.2) is 24.3 Å². The second-order valence-electron chi connectivity index (χ2n) is 4.03. The third-order valence-corrected chi connectivity index (χ3v) is 3.16. The molecule has 0 amide bonds. The normalized spacial score (nSPS) is 11.1. The van der Waals surface area contributed by atoms with Gasteiger partial charge in [-0.3, -0.25) is 0 Å². The summed E-state index contributed by atoms with van der Waals surface area (Å²) in [7, 11) is 0. The first-order chi connectivity index (χ1) is 7.83. The van der Waals surface area contributed by atoms with E-state index in [2.05, 4.69) is 54.1 Å². The number of aromatic amines is 1. The minimum atomic E-state index is 0.934. The van der Waals surface area contributed by atoms with Crippen molar-refractivity contribution in [3.8, 4) is 0 Å². The molecule has 0 aliphatic rings. The molecule has 2 nitrogen and oxygen atoms in total. The Bertz CT molecular complexity index is 462. The molecule has 1 aromatic carbocycles. The number of aryl methyl sites for hydroxylation is 1. The number of aromatic nitrogens is 1. The SMILES string of the molecule is Cc1[nH]c2ccccc2c1CNCCCS. The number of thiol groups is 1. The standard InChI is InChI=1S/C13H18N2S/c1-10-12(9-14-7-4-8-16)11-5-2-3-6-13(11)15-10/h2-3,5-6,14-16H,4,7-9H2,1H3. The van der Waals surface area contributed by atoms with Crippen molar-refractivity contribution >= 4 is 23.5 Å². The Kier molecular flexibility index (Phi) is 3.91. The highest BCUT2D eigenvalue weighted by Gasteiger charge is 2.06. The fraction of sp³-hybridized carbons (Fsp3) is 0.385. The summed E-state index contributed by atoms with van der Waals surface area (Å²) in [6, 6.07) is 8.46. The average molecular weight is 234 g/mol. The van der Waals surface area contributed by atoms with E-state index in [1.54, 1.807) is 0 Å². The summed E-state index contributed by atoms with van der Waals surface area (Å²) >= 11 is 4.20. The molecule has 16 heavy (non-hydrogen) atoms. The first-order valence-electron chi connectivity index (χ1n) is 5.70. The minimum absolute atomic E-state index is 0.934. The van der Waals surface area contributed by atoms with Gasteiger partial charge in [-0.1, -0.05) is 18.2 Å². The number of hydrogen-bond donors (Lipinski definition) is 3. The van der Waals surface area contributed by atoms with Gasteiger partial charge in [0.2, 0.25) is 0 Å². The van der Waals surface area contributed by atoms with Crippen LogP contribution >= 0.6 is 12.6 Å². The second kappa shape index (κ2) is 5.41. The van der Waals surface area contributed by atoms with Gasteiger partial charge in [-0.2, -0.15) is 12.6 Å². The number of benzene rings is 1. The molecule has 0 spiro atoms. The van der Waals surface area contributed by atoms with Gasteiger partial charge in [0.1, 0.15) is 0 Å². The van der Waals surface area contributed by atoms with E-state index in [1.807, 2.05) is 0 Å². The summed E-state index contributed by atoms with van der Waals surface area (Å²) in [6.07, 6.45) is 1.12. The lowest BCUT2D eigenvalue weighted by atomic mass is 10.1. The van der Waals surface area contributed by atoms with Gasteiger partial charge in [0.05, 0.1) is 0 Å². The molecule has 0 saturated carbocycles. The highest BCUT2D eigenvalue weighted by atomic mass is 32.1. The monoisotopic (exact) mass is 234 g/mol. The Hall–Kier alpha value is -0.930. The highest BCUT2D eigenvalue weighted by Crippen LogP contribution is 2.21. The Morgan fingerprint density at radius 3 is 2.94 bits per heavy atom. The molecule has 0 atom stereocenters. The lowest BCUT2D eigenvalue weighted by molar-refractivity contribution is 0.679. The molecule has 0 fully saturated rings. The van der Waals surface area contributed by atoms with Crippen molar-refractivity contribution in [3.05, 3.63) is 35.5 Å². The van der Waals surface area contributed by atoms with Crippen molar-refractivity contribution in [1.82, 2.24) is 10.3 Å². The number of hydrogen-bond acceptors (Lipinski definition) is 2. The third kappa shape index (κ3) is 2.42. The van der Waals surface area contributed by atoms with Gasteiger partial charge >= 0.3 is 0 Å². The van der Waals surface area contributed by atoms with Crippen LogP contribution in [-0.2, 0) is 6.54 Å². The average Bonchev–Trinajstić information content (AvgIpc) is 2.61. The van der Waals surface area contributed by atoms with Crippen molar-refractivity contribution in [2.45, 2.75) is 19.9 Å². The number of H-pyrrole nitrogens is 1. The van der Waals surface area contributed by atoms with Crippen LogP contribution in [0.25, 0.3) is 10.9 Å². The van der Waals surface area contributed by atoms with E-state index in [9.17, 15) is 0 Å². The van der Waals surface area contributed by atoms with Gasteiger partial charge in [-0.15, -0.1) is 0 Å². The van der Waals surface area contributed by atoms with Crippen LogP contribution in [-0.4, -0.2) is 17.3 Å². The Balaban J connectivity index is 2.13. The van der Waals surface area contributed by atoms with E-state index in [0.29, 0.717) is 0 Å². The summed E-state index contributed by atoms with van der Waals surface area (Å²) in [5.74, 6) is 0.944. The molecule has 0 aliphatic heterocycles. The zero-order valence-electron chi connectivity index (χ0n) is 9.59.